The number of hydrogen-bond donors (Lipinski definition) is 0. The summed E-state index contributed by atoms with van der Waals surface area (Å²) >= 11 is 0. The van der Waals surface area contributed by atoms with Crippen molar-refractivity contribution >= 4 is 5.78 Å². The highest BCUT2D eigenvalue weighted by molar-refractivity contribution is 5.90. The Morgan fingerprint density at radius 2 is 2.00 bits per heavy atom. The van der Waals surface area contributed by atoms with Gasteiger partial charge in [-0.3, -0.25) is 14.9 Å². The molecule has 2 atom stereocenters. The van der Waals surface area contributed by atoms with Gasteiger partial charge >= 0.3 is 0 Å². The second kappa shape index (κ2) is 2.18. The highest BCUT2D eigenvalue weighted by atomic mass is 16.6. The van der Waals surface area contributed by atoms with Crippen LogP contribution in [0.2, 0.25) is 0 Å². The average molecular weight is 199 g/mol. The molecular formula is C10H15NO3. The lowest BCUT2D eigenvalue weighted by atomic mass is 9.69. The van der Waals surface area contributed by atoms with Crippen molar-refractivity contribution in [2.75, 3.05) is 0 Å². The average Bonchev–Trinajstić information content (AvgIpc) is 2.38. The van der Waals surface area contributed by atoms with Crippen molar-refractivity contribution in [3.63, 3.8) is 0 Å². The number of hydrogen-bond acceptors (Lipinski definition) is 3. The fourth-order valence-corrected chi connectivity index (χ4v) is 2.82. The molecule has 0 spiro atoms. The maximum Gasteiger partial charge on any atom is 0.235 e. The Morgan fingerprint density at radius 3 is 2.29 bits per heavy atom. The molecule has 0 saturated heterocycles. The molecule has 0 radical (unpaired) electrons. The van der Waals surface area contributed by atoms with E-state index in [1.807, 2.05) is 0 Å². The fraction of sp³-hybridized carbons (Fsp3) is 0.900. The molecule has 0 aromatic carbocycles. The Morgan fingerprint density at radius 1 is 1.43 bits per heavy atom. The van der Waals surface area contributed by atoms with Crippen LogP contribution in [0.5, 0.6) is 0 Å². The Hall–Kier alpha value is -0.930. The molecule has 0 aromatic rings. The molecule has 2 fully saturated rings. The van der Waals surface area contributed by atoms with Crippen molar-refractivity contribution < 1.29 is 12.5 Å². The SMILES string of the molecule is [2H]C1([2H])C(=O)C2(C)CCC1([N+](=O)[O-])C2(C)C. The minimum atomic E-state index is -2.35. The molecular weight excluding hydrogens is 182 g/mol. The van der Waals surface area contributed by atoms with Gasteiger partial charge in [0.25, 0.3) is 0 Å². The predicted octanol–water partition coefficient (Wildman–Crippen LogP) is 1.80. The van der Waals surface area contributed by atoms with E-state index < -0.39 is 33.4 Å². The molecule has 78 valence electrons. The topological polar surface area (TPSA) is 60.2 Å². The van der Waals surface area contributed by atoms with Gasteiger partial charge in [0.15, 0.2) is 0 Å². The standard InChI is InChI=1S/C10H15NO3/c1-8(2)9(3)4-5-10(8,11(13)14)6-7(9)12/h4-6H2,1-3H3/i6D2. The fourth-order valence-electron chi connectivity index (χ4n) is 2.82. The summed E-state index contributed by atoms with van der Waals surface area (Å²) in [5.41, 5.74) is -3.61. The quantitative estimate of drug-likeness (QED) is 0.478. The zero-order chi connectivity index (χ0) is 12.6. The molecule has 0 aliphatic heterocycles. The summed E-state index contributed by atoms with van der Waals surface area (Å²) in [5.74, 6) is -0.604. The van der Waals surface area contributed by atoms with Crippen molar-refractivity contribution in [1.29, 1.82) is 0 Å². The maximum absolute atomic E-state index is 12.1. The van der Waals surface area contributed by atoms with Gasteiger partial charge in [-0.1, -0.05) is 20.8 Å². The molecule has 0 heterocycles. The first-order valence-electron chi connectivity index (χ1n) is 5.75. The van der Waals surface area contributed by atoms with Gasteiger partial charge in [-0.05, 0) is 6.42 Å². The van der Waals surface area contributed by atoms with Gasteiger partial charge in [-0.15, -0.1) is 0 Å². The van der Waals surface area contributed by atoms with Crippen LogP contribution in [0.1, 0.15) is 42.7 Å². The highest BCUT2D eigenvalue weighted by Crippen LogP contribution is 2.66. The van der Waals surface area contributed by atoms with E-state index in [-0.39, 0.29) is 6.42 Å². The lowest BCUT2D eigenvalue weighted by molar-refractivity contribution is -0.583. The Kier molecular flexibility index (Phi) is 1.15. The minimum Gasteiger partial charge on any atom is -0.299 e. The minimum absolute atomic E-state index is 0.141. The molecule has 14 heavy (non-hydrogen) atoms. The third-order valence-electron chi connectivity index (χ3n) is 4.53. The van der Waals surface area contributed by atoms with Crippen LogP contribution in [-0.4, -0.2) is 16.2 Å². The summed E-state index contributed by atoms with van der Waals surface area (Å²) in [6.07, 6.45) is -1.81. The van der Waals surface area contributed by atoms with E-state index in [1.54, 1.807) is 20.8 Å². The first kappa shape index (κ1) is 7.37. The number of fused-ring (bicyclic) bond motifs is 2. The van der Waals surface area contributed by atoms with Crippen LogP contribution in [0.4, 0.5) is 0 Å². The lowest BCUT2D eigenvalue weighted by Crippen LogP contribution is -2.46. The zero-order valence-electron chi connectivity index (χ0n) is 10.6. The largest absolute Gasteiger partial charge is 0.299 e. The lowest BCUT2D eigenvalue weighted by Gasteiger charge is -2.33. The van der Waals surface area contributed by atoms with E-state index in [9.17, 15) is 14.9 Å². The summed E-state index contributed by atoms with van der Waals surface area (Å²) in [5, 5.41) is 11.3. The van der Waals surface area contributed by atoms with Crippen molar-refractivity contribution in [2.24, 2.45) is 10.8 Å². The monoisotopic (exact) mass is 199 g/mol. The molecule has 2 saturated carbocycles. The van der Waals surface area contributed by atoms with Gasteiger partial charge in [0.2, 0.25) is 5.54 Å². The maximum atomic E-state index is 12.1. The number of rotatable bonds is 1. The van der Waals surface area contributed by atoms with Crippen molar-refractivity contribution in [2.45, 2.75) is 45.5 Å². The van der Waals surface area contributed by atoms with E-state index in [0.717, 1.165) is 0 Å². The summed E-state index contributed by atoms with van der Waals surface area (Å²) in [7, 11) is 0. The molecule has 0 aromatic heterocycles. The Bertz CT molecular complexity index is 407. The van der Waals surface area contributed by atoms with E-state index in [2.05, 4.69) is 0 Å². The van der Waals surface area contributed by atoms with Gasteiger partial charge in [0.1, 0.15) is 5.78 Å². The normalized spacial score (nSPS) is 50.1. The van der Waals surface area contributed by atoms with E-state index in [1.165, 1.54) is 0 Å². The third-order valence-corrected chi connectivity index (χ3v) is 4.53. The van der Waals surface area contributed by atoms with Crippen molar-refractivity contribution in [1.82, 2.24) is 0 Å². The summed E-state index contributed by atoms with van der Waals surface area (Å²) in [6.45, 7) is 4.95. The molecule has 2 aliphatic rings. The van der Waals surface area contributed by atoms with Crippen LogP contribution >= 0.6 is 0 Å². The van der Waals surface area contributed by atoms with Gasteiger partial charge in [0.05, 0.1) is 6.37 Å². The third kappa shape index (κ3) is 0.666. The number of nitrogens with zero attached hydrogens (tertiary/aromatic N) is 1. The molecule has 4 heteroatoms. The van der Waals surface area contributed by atoms with Crippen LogP contribution in [0.25, 0.3) is 0 Å². The van der Waals surface area contributed by atoms with Crippen molar-refractivity contribution in [3.8, 4) is 0 Å². The molecule has 0 amide bonds. The Balaban J connectivity index is 2.77. The summed E-state index contributed by atoms with van der Waals surface area (Å²) in [4.78, 5) is 22.8. The van der Waals surface area contributed by atoms with Crippen LogP contribution in [0, 0.1) is 20.9 Å². The van der Waals surface area contributed by atoms with Crippen LogP contribution in [-0.2, 0) is 4.79 Å². The smallest absolute Gasteiger partial charge is 0.235 e. The Labute approximate surface area is 85.6 Å². The van der Waals surface area contributed by atoms with Gasteiger partial charge in [-0.2, -0.15) is 0 Å². The van der Waals surface area contributed by atoms with Gasteiger partial charge in [0, 0.05) is 24.9 Å². The zero-order valence-corrected chi connectivity index (χ0v) is 8.59. The number of ketones is 1. The molecule has 4 nitrogen and oxygen atoms in total. The van der Waals surface area contributed by atoms with Crippen LogP contribution in [0.15, 0.2) is 0 Å². The van der Waals surface area contributed by atoms with Gasteiger partial charge in [-0.25, -0.2) is 0 Å². The molecule has 2 rings (SSSR count). The highest BCUT2D eigenvalue weighted by Gasteiger charge is 2.76. The molecule has 0 N–H and O–H groups in total. The molecule has 2 bridgehead atoms. The molecule has 2 aliphatic carbocycles. The second-order valence-electron chi connectivity index (χ2n) is 5.03. The predicted molar refractivity (Wildman–Crippen MR) is 50.5 cm³/mol. The number of carbonyl (C=O) groups is 1. The van der Waals surface area contributed by atoms with E-state index >= 15 is 0 Å². The molecule has 2 unspecified atom stereocenters. The number of nitro groups is 1. The van der Waals surface area contributed by atoms with Crippen molar-refractivity contribution in [3.05, 3.63) is 10.1 Å². The number of carbonyl (C=O) groups excluding carboxylic acids is 1. The summed E-state index contributed by atoms with van der Waals surface area (Å²) < 4.78 is 15.6. The number of Topliss-reactive ketones (excluding diaryl/α,β-unsaturated/α-hetero) is 1. The van der Waals surface area contributed by atoms with Crippen LogP contribution < -0.4 is 0 Å². The second-order valence-corrected chi connectivity index (χ2v) is 5.03. The van der Waals surface area contributed by atoms with Crippen LogP contribution in [0.3, 0.4) is 0 Å². The van der Waals surface area contributed by atoms with E-state index in [0.29, 0.717) is 6.42 Å². The van der Waals surface area contributed by atoms with E-state index in [4.69, 9.17) is 2.74 Å². The summed E-state index contributed by atoms with van der Waals surface area (Å²) in [6, 6.07) is 0. The first-order valence-corrected chi connectivity index (χ1v) is 4.75. The first-order chi connectivity index (χ1) is 7.06. The van der Waals surface area contributed by atoms with Gasteiger partial charge < -0.3 is 0 Å².